The quantitative estimate of drug-likeness (QED) is 0.323. The number of aromatic hydroxyl groups is 1. The van der Waals surface area contributed by atoms with E-state index in [1.807, 2.05) is 0 Å². The zero-order valence-corrected chi connectivity index (χ0v) is 13.3. The Bertz CT molecular complexity index is 628. The zero-order chi connectivity index (χ0) is 18.6. The van der Waals surface area contributed by atoms with Crippen LogP contribution in [0, 0.1) is 0 Å². The predicted molar refractivity (Wildman–Crippen MR) is 83.6 cm³/mol. The average Bonchev–Trinajstić information content (AvgIpc) is 2.59. The van der Waals surface area contributed by atoms with Gasteiger partial charge in [-0.15, -0.1) is 0 Å². The molecule has 1 aliphatic heterocycles. The Hall–Kier alpha value is -2.17. The number of phenols is 1. The Morgan fingerprint density at radius 3 is 2.56 bits per heavy atom. The summed E-state index contributed by atoms with van der Waals surface area (Å²) in [5, 5.41) is 48.3. The van der Waals surface area contributed by atoms with Crippen molar-refractivity contribution in [1.29, 1.82) is 0 Å². The van der Waals surface area contributed by atoms with Gasteiger partial charge in [0.2, 0.25) is 6.29 Å². The third kappa shape index (κ3) is 4.68. The lowest BCUT2D eigenvalue weighted by molar-refractivity contribution is -0.277. The van der Waals surface area contributed by atoms with Gasteiger partial charge in [0.15, 0.2) is 0 Å². The van der Waals surface area contributed by atoms with Gasteiger partial charge in [0.25, 0.3) is 0 Å². The van der Waals surface area contributed by atoms with Crippen LogP contribution in [0.25, 0.3) is 6.08 Å². The van der Waals surface area contributed by atoms with Crippen molar-refractivity contribution in [3.8, 4) is 11.5 Å². The van der Waals surface area contributed by atoms with Crippen molar-refractivity contribution in [3.63, 3.8) is 0 Å². The minimum atomic E-state index is -1.58. The lowest BCUT2D eigenvalue weighted by Gasteiger charge is -2.39. The normalized spacial score (nSPS) is 29.6. The molecule has 1 fully saturated rings. The third-order valence-electron chi connectivity index (χ3n) is 3.63. The number of aliphatic hydroxyl groups excluding tert-OH is 4. The number of esters is 1. The van der Waals surface area contributed by atoms with Crippen molar-refractivity contribution in [1.82, 2.24) is 0 Å². The van der Waals surface area contributed by atoms with Crippen LogP contribution in [0.15, 0.2) is 24.3 Å². The highest BCUT2D eigenvalue weighted by Crippen LogP contribution is 2.28. The summed E-state index contributed by atoms with van der Waals surface area (Å²) in [6.07, 6.45) is -4.61. The molecule has 1 heterocycles. The molecule has 0 amide bonds. The van der Waals surface area contributed by atoms with E-state index in [-0.39, 0.29) is 11.5 Å². The Balaban J connectivity index is 2.17. The molecule has 1 aromatic rings. The van der Waals surface area contributed by atoms with Gasteiger partial charge in [0.1, 0.15) is 35.9 Å². The van der Waals surface area contributed by atoms with Crippen LogP contribution < -0.4 is 4.74 Å². The van der Waals surface area contributed by atoms with Crippen molar-refractivity contribution in [3.05, 3.63) is 29.8 Å². The van der Waals surface area contributed by atoms with Crippen LogP contribution in [0.5, 0.6) is 11.5 Å². The number of benzene rings is 1. The van der Waals surface area contributed by atoms with E-state index in [4.69, 9.17) is 14.6 Å². The van der Waals surface area contributed by atoms with Crippen molar-refractivity contribution < 1.29 is 44.5 Å². The van der Waals surface area contributed by atoms with Crippen LogP contribution in [-0.2, 0) is 14.3 Å². The maximum absolute atomic E-state index is 11.1. The second-order valence-electron chi connectivity index (χ2n) is 5.43. The largest absolute Gasteiger partial charge is 0.508 e. The topological polar surface area (TPSA) is 146 Å². The van der Waals surface area contributed by atoms with Crippen LogP contribution in [0.1, 0.15) is 5.56 Å². The summed E-state index contributed by atoms with van der Waals surface area (Å²) in [4.78, 5) is 11.1. The van der Waals surface area contributed by atoms with E-state index < -0.39 is 43.3 Å². The van der Waals surface area contributed by atoms with Gasteiger partial charge in [-0.3, -0.25) is 0 Å². The fraction of sp³-hybridized carbons (Fsp3) is 0.438. The van der Waals surface area contributed by atoms with Gasteiger partial charge in [-0.2, -0.15) is 0 Å². The van der Waals surface area contributed by atoms with Gasteiger partial charge in [-0.25, -0.2) is 4.79 Å². The highest BCUT2D eigenvalue weighted by molar-refractivity contribution is 5.87. The van der Waals surface area contributed by atoms with Gasteiger partial charge in [0, 0.05) is 12.1 Å². The molecule has 0 radical (unpaired) electrons. The fourth-order valence-corrected chi connectivity index (χ4v) is 2.30. The molecule has 1 saturated heterocycles. The molecule has 1 aliphatic rings. The summed E-state index contributed by atoms with van der Waals surface area (Å²) in [5.41, 5.74) is 0.407. The molecule has 0 bridgehead atoms. The molecule has 25 heavy (non-hydrogen) atoms. The highest BCUT2D eigenvalue weighted by atomic mass is 16.7. The number of carbonyl (C=O) groups is 1. The first-order chi connectivity index (χ1) is 11.8. The lowest BCUT2D eigenvalue weighted by atomic mass is 9.99. The first-order valence-corrected chi connectivity index (χ1v) is 7.43. The highest BCUT2D eigenvalue weighted by Gasteiger charge is 2.44. The lowest BCUT2D eigenvalue weighted by Crippen LogP contribution is -2.60. The molecule has 0 saturated carbocycles. The van der Waals surface area contributed by atoms with Crippen LogP contribution in [0.4, 0.5) is 0 Å². The molecular weight excluding hydrogens is 336 g/mol. The van der Waals surface area contributed by atoms with E-state index in [9.17, 15) is 25.2 Å². The number of hydrogen-bond donors (Lipinski definition) is 5. The Labute approximate surface area is 143 Å². The van der Waals surface area contributed by atoms with Gasteiger partial charge in [0.05, 0.1) is 13.7 Å². The van der Waals surface area contributed by atoms with Gasteiger partial charge < -0.3 is 39.7 Å². The summed E-state index contributed by atoms with van der Waals surface area (Å²) in [7, 11) is 1.22. The second-order valence-corrected chi connectivity index (χ2v) is 5.43. The number of carbonyl (C=O) groups excluding carboxylic acids is 1. The Morgan fingerprint density at radius 1 is 1.20 bits per heavy atom. The van der Waals surface area contributed by atoms with Gasteiger partial charge in [-0.1, -0.05) is 0 Å². The van der Waals surface area contributed by atoms with E-state index in [0.29, 0.717) is 5.56 Å². The smallest absolute Gasteiger partial charge is 0.330 e. The first-order valence-electron chi connectivity index (χ1n) is 7.43. The number of hydrogen-bond acceptors (Lipinski definition) is 9. The van der Waals surface area contributed by atoms with Crippen LogP contribution in [0.3, 0.4) is 0 Å². The molecule has 0 unspecified atom stereocenters. The summed E-state index contributed by atoms with van der Waals surface area (Å²) < 4.78 is 15.1. The summed E-state index contributed by atoms with van der Waals surface area (Å²) in [6.45, 7) is -0.585. The predicted octanol–water partition coefficient (Wildman–Crippen LogP) is -1.24. The molecule has 138 valence electrons. The summed E-state index contributed by atoms with van der Waals surface area (Å²) in [6, 6.07) is 4.04. The van der Waals surface area contributed by atoms with Crippen LogP contribution >= 0.6 is 0 Å². The molecule has 2 rings (SSSR count). The van der Waals surface area contributed by atoms with Gasteiger partial charge >= 0.3 is 5.97 Å². The van der Waals surface area contributed by atoms with Crippen molar-refractivity contribution >= 4 is 12.0 Å². The number of rotatable bonds is 5. The maximum atomic E-state index is 11.1. The fourth-order valence-electron chi connectivity index (χ4n) is 2.30. The summed E-state index contributed by atoms with van der Waals surface area (Å²) >= 11 is 0. The van der Waals surface area contributed by atoms with Crippen molar-refractivity contribution in [2.24, 2.45) is 0 Å². The Kier molecular flexibility index (Phi) is 6.34. The monoisotopic (exact) mass is 356 g/mol. The maximum Gasteiger partial charge on any atom is 0.330 e. The molecule has 0 aliphatic carbocycles. The number of phenolic OH excluding ortho intramolecular Hbond substituents is 1. The first kappa shape index (κ1) is 19.2. The van der Waals surface area contributed by atoms with Crippen molar-refractivity contribution in [2.45, 2.75) is 30.7 Å². The molecule has 9 heteroatoms. The molecule has 0 aromatic heterocycles. The minimum absolute atomic E-state index is 0.0776. The SMILES string of the molecule is COC(=O)/C=C/c1cc(O)cc(O[C@@H]2O[C@H](CO)[C@@H](O)[C@H](O)[C@H]2O)c1. The molecule has 5 N–H and O–H groups in total. The molecule has 1 aromatic carbocycles. The van der Waals surface area contributed by atoms with Gasteiger partial charge in [-0.05, 0) is 23.8 Å². The van der Waals surface area contributed by atoms with Crippen LogP contribution in [0.2, 0.25) is 0 Å². The van der Waals surface area contributed by atoms with E-state index in [1.54, 1.807) is 0 Å². The average molecular weight is 356 g/mol. The standard InChI is InChI=1S/C16H20O9/c1-23-12(19)3-2-8-4-9(18)6-10(5-8)24-16-15(22)14(21)13(20)11(7-17)25-16/h2-6,11,13-18,20-22H,7H2,1H3/b3-2+/t11-,13-,14+,15-,16-/m1/s1. The van der Waals surface area contributed by atoms with E-state index in [2.05, 4.69) is 4.74 Å². The van der Waals surface area contributed by atoms with Crippen molar-refractivity contribution in [2.75, 3.05) is 13.7 Å². The minimum Gasteiger partial charge on any atom is -0.508 e. The number of ether oxygens (including phenoxy) is 3. The third-order valence-corrected chi connectivity index (χ3v) is 3.63. The van der Waals surface area contributed by atoms with E-state index >= 15 is 0 Å². The number of methoxy groups -OCH3 is 1. The van der Waals surface area contributed by atoms with Crippen LogP contribution in [-0.4, -0.2) is 75.9 Å². The molecule has 5 atom stereocenters. The van der Waals surface area contributed by atoms with E-state index in [0.717, 1.165) is 6.08 Å². The Morgan fingerprint density at radius 2 is 1.92 bits per heavy atom. The molecular formula is C16H20O9. The second kappa shape index (κ2) is 8.28. The zero-order valence-electron chi connectivity index (χ0n) is 13.3. The number of aliphatic hydroxyl groups is 4. The summed E-state index contributed by atoms with van der Waals surface area (Å²) in [5.74, 6) is -0.680. The molecule has 0 spiro atoms. The molecule has 9 nitrogen and oxygen atoms in total. The van der Waals surface area contributed by atoms with E-state index in [1.165, 1.54) is 31.4 Å².